The zero-order valence-corrected chi connectivity index (χ0v) is 15.4. The molecule has 0 amide bonds. The van der Waals surface area contributed by atoms with Crippen LogP contribution in [-0.4, -0.2) is 19.3 Å². The van der Waals surface area contributed by atoms with Crippen LogP contribution in [0.3, 0.4) is 0 Å². The van der Waals surface area contributed by atoms with E-state index in [1.807, 2.05) is 0 Å². The Labute approximate surface area is 152 Å². The molecule has 1 atom stereocenters. The standard InChI is InChI=1S/C17H15BrF3NO2S/c18-14-8-3-4-10-16(14)25(23,24)22-11-5-9-15(22)12-6-1-2-7-13(12)17(19,20)21/h1-4,6-8,10,15H,5,9,11H2. The van der Waals surface area contributed by atoms with E-state index < -0.39 is 27.8 Å². The van der Waals surface area contributed by atoms with Gasteiger partial charge in [-0.1, -0.05) is 30.3 Å². The SMILES string of the molecule is O=S(=O)(c1ccccc1Br)N1CCCC1c1ccccc1C(F)(F)F. The van der Waals surface area contributed by atoms with Gasteiger partial charge in [0.05, 0.1) is 16.5 Å². The van der Waals surface area contributed by atoms with E-state index in [4.69, 9.17) is 0 Å². The lowest BCUT2D eigenvalue weighted by Gasteiger charge is -2.27. The van der Waals surface area contributed by atoms with Crippen molar-refractivity contribution in [2.75, 3.05) is 6.54 Å². The van der Waals surface area contributed by atoms with Crippen molar-refractivity contribution in [2.24, 2.45) is 0 Å². The normalized spacial score (nSPS) is 19.3. The minimum absolute atomic E-state index is 0.00290. The van der Waals surface area contributed by atoms with Crippen molar-refractivity contribution in [1.29, 1.82) is 0 Å². The molecule has 1 unspecified atom stereocenters. The van der Waals surface area contributed by atoms with Crippen molar-refractivity contribution in [3.8, 4) is 0 Å². The second kappa shape index (κ2) is 6.74. The minimum atomic E-state index is -4.53. The maximum Gasteiger partial charge on any atom is 0.416 e. The molecule has 25 heavy (non-hydrogen) atoms. The minimum Gasteiger partial charge on any atom is -0.207 e. The number of hydrogen-bond acceptors (Lipinski definition) is 2. The molecule has 2 aromatic rings. The van der Waals surface area contributed by atoms with Crippen LogP contribution in [0.4, 0.5) is 13.2 Å². The molecule has 0 saturated carbocycles. The van der Waals surface area contributed by atoms with Crippen LogP contribution in [0, 0.1) is 0 Å². The molecule has 3 nitrogen and oxygen atoms in total. The zero-order valence-electron chi connectivity index (χ0n) is 13.0. The molecule has 0 bridgehead atoms. The third kappa shape index (κ3) is 3.47. The number of benzene rings is 2. The van der Waals surface area contributed by atoms with E-state index in [0.29, 0.717) is 17.3 Å². The van der Waals surface area contributed by atoms with E-state index in [2.05, 4.69) is 15.9 Å². The number of hydrogen-bond donors (Lipinski definition) is 0. The van der Waals surface area contributed by atoms with Crippen molar-refractivity contribution in [2.45, 2.75) is 30.0 Å². The third-order valence-corrected chi connectivity index (χ3v) is 7.17. The summed E-state index contributed by atoms with van der Waals surface area (Å²) < 4.78 is 67.6. The number of sulfonamides is 1. The first-order valence-electron chi connectivity index (χ1n) is 7.65. The van der Waals surface area contributed by atoms with Crippen molar-refractivity contribution in [3.63, 3.8) is 0 Å². The van der Waals surface area contributed by atoms with Crippen LogP contribution in [0.2, 0.25) is 0 Å². The van der Waals surface area contributed by atoms with Crippen molar-refractivity contribution >= 4 is 26.0 Å². The Balaban J connectivity index is 2.07. The highest BCUT2D eigenvalue weighted by atomic mass is 79.9. The van der Waals surface area contributed by atoms with Crippen LogP contribution in [0.1, 0.15) is 30.0 Å². The summed E-state index contributed by atoms with van der Waals surface area (Å²) in [6.45, 7) is 0.195. The van der Waals surface area contributed by atoms with E-state index in [-0.39, 0.29) is 17.0 Å². The van der Waals surface area contributed by atoms with Gasteiger partial charge in [-0.15, -0.1) is 0 Å². The van der Waals surface area contributed by atoms with Gasteiger partial charge in [-0.25, -0.2) is 8.42 Å². The lowest BCUT2D eigenvalue weighted by Crippen LogP contribution is -2.32. The molecule has 0 N–H and O–H groups in total. The Morgan fingerprint density at radius 3 is 2.36 bits per heavy atom. The number of halogens is 4. The maximum atomic E-state index is 13.3. The second-order valence-corrected chi connectivity index (χ2v) is 8.50. The molecular formula is C17H15BrF3NO2S. The largest absolute Gasteiger partial charge is 0.416 e. The smallest absolute Gasteiger partial charge is 0.207 e. The number of alkyl halides is 3. The van der Waals surface area contributed by atoms with E-state index in [1.54, 1.807) is 18.2 Å². The maximum absolute atomic E-state index is 13.3. The average molecular weight is 434 g/mol. The van der Waals surface area contributed by atoms with Crippen molar-refractivity contribution in [1.82, 2.24) is 4.31 Å². The van der Waals surface area contributed by atoms with Gasteiger partial charge >= 0.3 is 6.18 Å². The first kappa shape index (κ1) is 18.4. The molecule has 0 aromatic heterocycles. The summed E-state index contributed by atoms with van der Waals surface area (Å²) in [5, 5.41) is 0. The van der Waals surface area contributed by atoms with Crippen molar-refractivity contribution < 1.29 is 21.6 Å². The average Bonchev–Trinajstić information content (AvgIpc) is 3.04. The molecule has 2 aromatic carbocycles. The fourth-order valence-electron chi connectivity index (χ4n) is 3.16. The van der Waals surface area contributed by atoms with E-state index >= 15 is 0 Å². The van der Waals surface area contributed by atoms with E-state index in [1.165, 1.54) is 28.6 Å². The summed E-state index contributed by atoms with van der Waals surface area (Å²) in [5.41, 5.74) is -0.780. The highest BCUT2D eigenvalue weighted by Crippen LogP contribution is 2.43. The van der Waals surface area contributed by atoms with Crippen molar-refractivity contribution in [3.05, 3.63) is 64.1 Å². The lowest BCUT2D eigenvalue weighted by atomic mass is 9.99. The topological polar surface area (TPSA) is 37.4 Å². The fraction of sp³-hybridized carbons (Fsp3) is 0.294. The quantitative estimate of drug-likeness (QED) is 0.683. The summed E-state index contributed by atoms with van der Waals surface area (Å²) in [4.78, 5) is 0.0615. The summed E-state index contributed by atoms with van der Waals surface area (Å²) in [5.74, 6) is 0. The Morgan fingerprint density at radius 2 is 1.68 bits per heavy atom. The molecule has 8 heteroatoms. The Bertz CT molecular complexity index is 883. The third-order valence-electron chi connectivity index (χ3n) is 4.25. The van der Waals surface area contributed by atoms with Crippen LogP contribution in [0.5, 0.6) is 0 Å². The molecule has 1 aliphatic rings. The predicted molar refractivity (Wildman–Crippen MR) is 91.5 cm³/mol. The van der Waals surface area contributed by atoms with Gasteiger partial charge in [-0.3, -0.25) is 0 Å². The van der Waals surface area contributed by atoms with E-state index in [0.717, 1.165) is 6.07 Å². The number of rotatable bonds is 3. The van der Waals surface area contributed by atoms with Gasteiger partial charge in [-0.05, 0) is 52.5 Å². The molecule has 1 saturated heterocycles. The number of nitrogens with zero attached hydrogens (tertiary/aromatic N) is 1. The highest BCUT2D eigenvalue weighted by Gasteiger charge is 2.42. The van der Waals surface area contributed by atoms with E-state index in [9.17, 15) is 21.6 Å². The Morgan fingerprint density at radius 1 is 1.04 bits per heavy atom. The Kier molecular flexibility index (Phi) is 4.96. The summed E-state index contributed by atoms with van der Waals surface area (Å²) in [6.07, 6.45) is -3.65. The predicted octanol–water partition coefficient (Wildman–Crippen LogP) is 4.99. The first-order valence-corrected chi connectivity index (χ1v) is 9.89. The molecule has 3 rings (SSSR count). The van der Waals surface area contributed by atoms with Crippen LogP contribution in [0.15, 0.2) is 57.9 Å². The second-order valence-electron chi connectivity index (χ2n) is 5.79. The molecular weight excluding hydrogens is 419 g/mol. The summed E-state index contributed by atoms with van der Waals surface area (Å²) in [6, 6.07) is 10.7. The molecule has 0 spiro atoms. The van der Waals surface area contributed by atoms with Gasteiger partial charge in [0.15, 0.2) is 0 Å². The molecule has 1 aliphatic heterocycles. The zero-order chi connectivity index (χ0) is 18.2. The monoisotopic (exact) mass is 433 g/mol. The molecule has 0 aliphatic carbocycles. The molecule has 1 fully saturated rings. The summed E-state index contributed by atoms with van der Waals surface area (Å²) >= 11 is 3.22. The van der Waals surface area contributed by atoms with Gasteiger partial charge in [0.1, 0.15) is 0 Å². The summed E-state index contributed by atoms with van der Waals surface area (Å²) in [7, 11) is -3.91. The van der Waals surface area contributed by atoms with Gasteiger partial charge in [0.25, 0.3) is 0 Å². The van der Waals surface area contributed by atoms with Crippen LogP contribution in [-0.2, 0) is 16.2 Å². The molecule has 134 valence electrons. The molecule has 0 radical (unpaired) electrons. The van der Waals surface area contributed by atoms with Gasteiger partial charge < -0.3 is 0 Å². The first-order chi connectivity index (χ1) is 11.7. The van der Waals surface area contributed by atoms with Gasteiger partial charge in [0, 0.05) is 11.0 Å². The van der Waals surface area contributed by atoms with Crippen LogP contribution < -0.4 is 0 Å². The fourth-order valence-corrected chi connectivity index (χ4v) is 5.80. The van der Waals surface area contributed by atoms with Crippen LogP contribution in [0.25, 0.3) is 0 Å². The van der Waals surface area contributed by atoms with Crippen LogP contribution >= 0.6 is 15.9 Å². The van der Waals surface area contributed by atoms with Gasteiger partial charge in [0.2, 0.25) is 10.0 Å². The molecule has 1 heterocycles. The highest BCUT2D eigenvalue weighted by molar-refractivity contribution is 9.10. The van der Waals surface area contributed by atoms with Gasteiger partial charge in [-0.2, -0.15) is 17.5 Å². The lowest BCUT2D eigenvalue weighted by molar-refractivity contribution is -0.138. The Hall–Kier alpha value is -1.38.